The average molecular weight is 651 g/mol. The van der Waals surface area contributed by atoms with Gasteiger partial charge < -0.3 is 20.7 Å². The molecule has 0 saturated carbocycles. The zero-order valence-electron chi connectivity index (χ0n) is 27.3. The maximum atomic E-state index is 13.0. The summed E-state index contributed by atoms with van der Waals surface area (Å²) in [7, 11) is 2.18. The van der Waals surface area contributed by atoms with Crippen molar-refractivity contribution in [2.45, 2.75) is 69.9 Å². The highest BCUT2D eigenvalue weighted by Crippen LogP contribution is 2.33. The predicted octanol–water partition coefficient (Wildman–Crippen LogP) is 4.40. The Morgan fingerprint density at radius 2 is 1.83 bits per heavy atom. The van der Waals surface area contributed by atoms with Gasteiger partial charge in [0.15, 0.2) is 0 Å². The number of imide groups is 1. The maximum absolute atomic E-state index is 13.0. The first-order chi connectivity index (χ1) is 23.3. The number of amides is 3. The van der Waals surface area contributed by atoms with Crippen molar-refractivity contribution in [1.29, 1.82) is 0 Å². The van der Waals surface area contributed by atoms with Gasteiger partial charge in [-0.25, -0.2) is 4.98 Å². The Hall–Kier alpha value is -4.97. The van der Waals surface area contributed by atoms with E-state index in [0.29, 0.717) is 18.7 Å². The van der Waals surface area contributed by atoms with Gasteiger partial charge in [0.05, 0.1) is 40.2 Å². The summed E-state index contributed by atoms with van der Waals surface area (Å²) in [5.74, 6) is -1.44. The number of piperidine rings is 1. The van der Waals surface area contributed by atoms with Gasteiger partial charge in [-0.1, -0.05) is 25.0 Å². The monoisotopic (exact) mass is 650 g/mol. The zero-order valence-corrected chi connectivity index (χ0v) is 27.3. The number of aromatic nitrogens is 4. The van der Waals surface area contributed by atoms with Crippen LogP contribution in [-0.4, -0.2) is 86.3 Å². The molecule has 48 heavy (non-hydrogen) atoms. The quantitative estimate of drug-likeness (QED) is 0.108. The Bertz CT molecular complexity index is 1810. The Balaban J connectivity index is 0.964. The highest BCUT2D eigenvalue weighted by molar-refractivity contribution is 6.23. The first kappa shape index (κ1) is 33.0. The van der Waals surface area contributed by atoms with Crippen molar-refractivity contribution in [3.63, 3.8) is 0 Å². The van der Waals surface area contributed by atoms with Gasteiger partial charge in [-0.15, -0.1) is 0 Å². The number of nitrogens with zero attached hydrogens (tertiary/aromatic N) is 6. The summed E-state index contributed by atoms with van der Waals surface area (Å²) in [6, 6.07) is 10.2. The van der Waals surface area contributed by atoms with Crippen molar-refractivity contribution in [3.05, 3.63) is 71.7 Å². The second-order valence-electron chi connectivity index (χ2n) is 12.8. The number of carbonyl (C=O) groups is 4. The summed E-state index contributed by atoms with van der Waals surface area (Å²) in [6.07, 6.45) is 12.7. The number of aldehydes is 1. The molecule has 0 spiro atoms. The smallest absolute Gasteiger partial charge is 0.262 e. The number of primary amides is 1. The van der Waals surface area contributed by atoms with Crippen LogP contribution in [0.5, 0.6) is 0 Å². The number of para-hydroxylation sites is 1. The number of unbranched alkanes of at least 4 members (excludes halogenated alkanes) is 3. The molecular formula is C36H42N8O4. The average Bonchev–Trinajstić information content (AvgIpc) is 3.66. The number of aryl methyl sites for hydroxylation is 1. The number of fused-ring (bicyclic) bond motifs is 2. The first-order valence-corrected chi connectivity index (χ1v) is 16.8. The van der Waals surface area contributed by atoms with E-state index in [1.165, 1.54) is 5.56 Å². The minimum atomic E-state index is -1.15. The number of rotatable bonds is 15. The molecule has 0 aliphatic carbocycles. The van der Waals surface area contributed by atoms with E-state index in [9.17, 15) is 19.2 Å². The van der Waals surface area contributed by atoms with Gasteiger partial charge in [0.2, 0.25) is 5.91 Å². The second kappa shape index (κ2) is 14.8. The normalized spacial score (nSPS) is 16.0. The number of anilines is 1. The van der Waals surface area contributed by atoms with E-state index in [1.54, 1.807) is 18.2 Å². The number of likely N-dealkylation sites (tertiary alicyclic amines) is 1. The molecule has 0 radical (unpaired) electrons. The van der Waals surface area contributed by atoms with Gasteiger partial charge in [0.1, 0.15) is 12.3 Å². The Labute approximate surface area is 279 Å². The third-order valence-electron chi connectivity index (χ3n) is 9.45. The van der Waals surface area contributed by atoms with Crippen LogP contribution in [0, 0.1) is 0 Å². The third kappa shape index (κ3) is 7.13. The highest BCUT2D eigenvalue weighted by atomic mass is 16.2. The van der Waals surface area contributed by atoms with E-state index in [1.807, 2.05) is 29.3 Å². The van der Waals surface area contributed by atoms with Crippen molar-refractivity contribution < 1.29 is 19.2 Å². The Morgan fingerprint density at radius 3 is 2.62 bits per heavy atom. The van der Waals surface area contributed by atoms with Crippen molar-refractivity contribution >= 4 is 40.7 Å². The molecule has 2 aliphatic heterocycles. The number of hydrogen-bond donors (Lipinski definition) is 2. The van der Waals surface area contributed by atoms with Crippen molar-refractivity contribution in [2.24, 2.45) is 5.73 Å². The van der Waals surface area contributed by atoms with E-state index < -0.39 is 23.8 Å². The lowest BCUT2D eigenvalue weighted by molar-refractivity contribution is -0.122. The molecule has 2 aromatic carbocycles. The number of benzene rings is 2. The molecule has 12 nitrogen and oxygen atoms in total. The molecular weight excluding hydrogens is 608 g/mol. The van der Waals surface area contributed by atoms with Crippen LogP contribution >= 0.6 is 0 Å². The van der Waals surface area contributed by atoms with Crippen LogP contribution in [-0.2, 0) is 16.1 Å². The van der Waals surface area contributed by atoms with Gasteiger partial charge in [-0.3, -0.25) is 28.9 Å². The van der Waals surface area contributed by atoms with E-state index >= 15 is 0 Å². The van der Waals surface area contributed by atoms with E-state index in [0.717, 1.165) is 91.0 Å². The summed E-state index contributed by atoms with van der Waals surface area (Å²) in [5.41, 5.74) is 11.7. The molecule has 1 unspecified atom stereocenters. The lowest BCUT2D eigenvalue weighted by Crippen LogP contribution is -2.47. The van der Waals surface area contributed by atoms with E-state index in [-0.39, 0.29) is 24.0 Å². The number of carbonyl (C=O) groups excluding carboxylic acids is 4. The van der Waals surface area contributed by atoms with E-state index in [4.69, 9.17) is 15.7 Å². The molecule has 2 aliphatic rings. The zero-order chi connectivity index (χ0) is 33.6. The highest BCUT2D eigenvalue weighted by Gasteiger charge is 2.42. The molecule has 3 N–H and O–H groups in total. The third-order valence-corrected chi connectivity index (χ3v) is 9.45. The van der Waals surface area contributed by atoms with Crippen LogP contribution < -0.4 is 11.1 Å². The topological polar surface area (TPSA) is 156 Å². The number of nitrogens with one attached hydrogen (secondary N) is 1. The SMILES string of the molecule is CN1CCC(c2cccc3ncc(-c4cnn(CCCCCCNc5ccc6c(c5)C(=O)N(C(CCC=O)C(N)=O)C6=O)c4)nc23)CC1. The molecule has 2 aromatic heterocycles. The van der Waals surface area contributed by atoms with Gasteiger partial charge in [-0.05, 0) is 88.0 Å². The fraction of sp³-hybridized carbons (Fsp3) is 0.417. The fourth-order valence-electron chi connectivity index (χ4n) is 6.72. The number of hydrogen-bond acceptors (Lipinski definition) is 9. The van der Waals surface area contributed by atoms with Crippen LogP contribution in [0.2, 0.25) is 0 Å². The molecule has 4 heterocycles. The van der Waals surface area contributed by atoms with Crippen LogP contribution in [0.25, 0.3) is 22.3 Å². The van der Waals surface area contributed by atoms with Crippen LogP contribution in [0.3, 0.4) is 0 Å². The van der Waals surface area contributed by atoms with Crippen LogP contribution in [0.1, 0.15) is 83.6 Å². The molecule has 1 fully saturated rings. The predicted molar refractivity (Wildman–Crippen MR) is 182 cm³/mol. The van der Waals surface area contributed by atoms with Gasteiger partial charge in [-0.2, -0.15) is 5.10 Å². The van der Waals surface area contributed by atoms with Crippen molar-refractivity contribution in [2.75, 3.05) is 32.0 Å². The van der Waals surface area contributed by atoms with Gasteiger partial charge in [0.25, 0.3) is 11.8 Å². The first-order valence-electron chi connectivity index (χ1n) is 16.8. The summed E-state index contributed by atoms with van der Waals surface area (Å²) in [6.45, 7) is 3.72. The second-order valence-corrected chi connectivity index (χ2v) is 12.8. The Morgan fingerprint density at radius 1 is 1.04 bits per heavy atom. The lowest BCUT2D eigenvalue weighted by Gasteiger charge is -2.29. The molecule has 1 atom stereocenters. The fourth-order valence-corrected chi connectivity index (χ4v) is 6.72. The molecule has 250 valence electrons. The largest absolute Gasteiger partial charge is 0.385 e. The summed E-state index contributed by atoms with van der Waals surface area (Å²) in [5, 5.41) is 7.91. The maximum Gasteiger partial charge on any atom is 0.262 e. The molecule has 3 amide bonds. The molecule has 0 bridgehead atoms. The van der Waals surface area contributed by atoms with Gasteiger partial charge >= 0.3 is 0 Å². The summed E-state index contributed by atoms with van der Waals surface area (Å²) >= 11 is 0. The van der Waals surface area contributed by atoms with E-state index in [2.05, 4.69) is 34.5 Å². The Kier molecular flexibility index (Phi) is 10.2. The summed E-state index contributed by atoms with van der Waals surface area (Å²) in [4.78, 5) is 61.7. The van der Waals surface area contributed by atoms with Crippen LogP contribution in [0.4, 0.5) is 5.69 Å². The minimum Gasteiger partial charge on any atom is -0.385 e. The van der Waals surface area contributed by atoms with Crippen LogP contribution in [0.15, 0.2) is 55.0 Å². The minimum absolute atomic E-state index is 0.00959. The standard InChI is InChI=1S/C36H42N8O4/c1-42-17-13-24(14-18-42)27-8-6-9-30-33(27)41-31(22-39-30)25-21-40-43(23-25)16-5-3-2-4-15-38-26-11-12-28-29(20-26)36(48)44(35(28)47)32(34(37)46)10-7-19-45/h6,8-9,11-12,19-24,32,38H,2-5,7,10,13-18H2,1H3,(H2,37,46). The van der Waals surface area contributed by atoms with Crippen molar-refractivity contribution in [3.8, 4) is 11.3 Å². The van der Waals surface area contributed by atoms with Crippen molar-refractivity contribution in [1.82, 2.24) is 29.5 Å². The molecule has 12 heteroatoms. The molecule has 1 saturated heterocycles. The molecule has 6 rings (SSSR count). The van der Waals surface area contributed by atoms with Gasteiger partial charge in [0, 0.05) is 37.0 Å². The molecule has 4 aromatic rings. The number of nitrogens with two attached hydrogens (primary N) is 1. The lowest BCUT2D eigenvalue weighted by atomic mass is 9.88. The summed E-state index contributed by atoms with van der Waals surface area (Å²) < 4.78 is 1.97.